The summed E-state index contributed by atoms with van der Waals surface area (Å²) in [7, 11) is 0. The molecular weight excluding hydrogens is 425 g/mol. The molecule has 2 N–H and O–H groups in total. The maximum Gasteiger partial charge on any atom is 0.263 e. The Morgan fingerprint density at radius 2 is 1.84 bits per heavy atom. The highest BCUT2D eigenvalue weighted by Gasteiger charge is 2.19. The molecule has 0 aliphatic heterocycles. The highest BCUT2D eigenvalue weighted by Crippen LogP contribution is 2.28. The number of para-hydroxylation sites is 1. The van der Waals surface area contributed by atoms with Crippen LogP contribution in [0, 0.1) is 12.7 Å². The van der Waals surface area contributed by atoms with E-state index in [2.05, 4.69) is 20.3 Å². The number of hydrogen-bond donors (Lipinski definition) is 2. The van der Waals surface area contributed by atoms with Crippen molar-refractivity contribution in [2.45, 2.75) is 19.9 Å². The van der Waals surface area contributed by atoms with Gasteiger partial charge in [-0.15, -0.1) is 0 Å². The first-order chi connectivity index (χ1) is 15.0. The number of halogens is 1. The van der Waals surface area contributed by atoms with Gasteiger partial charge in [0.15, 0.2) is 5.82 Å². The molecule has 6 nitrogen and oxygen atoms in total. The van der Waals surface area contributed by atoms with E-state index in [0.717, 1.165) is 22.3 Å². The number of aryl methyl sites for hydroxylation is 1. The number of rotatable bonds is 4. The molecule has 0 amide bonds. The standard InChI is InChI=1S/C24H20FN5O.H2S/c1-14-7-6-8-16-11-19(30(24(31)20(14)16)17-9-4-3-5-10-17)15(2)29-23-21-18(25)12-26-22(21)27-13-28-23;/h3-13,15H,1-2H3,(H2,26,27,28,29);1H2/t15-;/m0./s1. The molecule has 0 unspecified atom stereocenters. The summed E-state index contributed by atoms with van der Waals surface area (Å²) in [6.45, 7) is 3.86. The van der Waals surface area contributed by atoms with Crippen LogP contribution in [0.25, 0.3) is 27.5 Å². The number of pyridine rings is 1. The maximum absolute atomic E-state index is 14.3. The normalized spacial score (nSPS) is 12.0. The van der Waals surface area contributed by atoms with E-state index < -0.39 is 5.82 Å². The van der Waals surface area contributed by atoms with Crippen molar-refractivity contribution in [2.75, 3.05) is 5.32 Å². The molecule has 3 aromatic heterocycles. The topological polar surface area (TPSA) is 75.6 Å². The number of aromatic amines is 1. The van der Waals surface area contributed by atoms with Gasteiger partial charge in [-0.25, -0.2) is 14.4 Å². The van der Waals surface area contributed by atoms with Crippen LogP contribution >= 0.6 is 13.5 Å². The van der Waals surface area contributed by atoms with E-state index in [0.29, 0.717) is 22.2 Å². The van der Waals surface area contributed by atoms with Crippen molar-refractivity contribution in [2.24, 2.45) is 0 Å². The molecule has 0 saturated heterocycles. The van der Waals surface area contributed by atoms with Gasteiger partial charge in [-0.3, -0.25) is 9.36 Å². The fourth-order valence-corrected chi connectivity index (χ4v) is 4.03. The van der Waals surface area contributed by atoms with Crippen molar-refractivity contribution in [3.63, 3.8) is 0 Å². The molecular formula is C24H22FN5OS. The first kappa shape index (κ1) is 21.6. The number of anilines is 1. The average Bonchev–Trinajstić information content (AvgIpc) is 3.16. The number of H-pyrrole nitrogens is 1. The van der Waals surface area contributed by atoms with Gasteiger partial charge < -0.3 is 10.3 Å². The fourth-order valence-electron chi connectivity index (χ4n) is 4.03. The molecule has 2 aromatic carbocycles. The fraction of sp³-hybridized carbons (Fsp3) is 0.125. The SMILES string of the molecule is Cc1cccc2cc([C@H](C)Nc3ncnc4[nH]cc(F)c34)n(-c3ccccc3)c(=O)c12.S. The Morgan fingerprint density at radius 3 is 2.62 bits per heavy atom. The zero-order chi connectivity index (χ0) is 21.5. The quantitative estimate of drug-likeness (QED) is 0.407. The molecule has 0 aliphatic rings. The van der Waals surface area contributed by atoms with Crippen LogP contribution in [0.3, 0.4) is 0 Å². The number of nitrogens with one attached hydrogen (secondary N) is 2. The van der Waals surface area contributed by atoms with Crippen molar-refractivity contribution in [3.8, 4) is 5.69 Å². The molecule has 162 valence electrons. The zero-order valence-corrected chi connectivity index (χ0v) is 18.6. The van der Waals surface area contributed by atoms with Crippen molar-refractivity contribution >= 4 is 41.1 Å². The van der Waals surface area contributed by atoms with Crippen molar-refractivity contribution in [3.05, 3.63) is 94.5 Å². The van der Waals surface area contributed by atoms with Crippen LogP contribution in [0.5, 0.6) is 0 Å². The number of aromatic nitrogens is 4. The molecule has 0 aliphatic carbocycles. The van der Waals surface area contributed by atoms with Crippen LogP contribution in [-0.2, 0) is 0 Å². The number of benzene rings is 2. The Morgan fingerprint density at radius 1 is 1.06 bits per heavy atom. The molecule has 0 spiro atoms. The van der Waals surface area contributed by atoms with Crippen LogP contribution in [0.4, 0.5) is 10.2 Å². The Labute approximate surface area is 190 Å². The van der Waals surface area contributed by atoms with Crippen molar-refractivity contribution < 1.29 is 4.39 Å². The van der Waals surface area contributed by atoms with E-state index >= 15 is 0 Å². The largest absolute Gasteiger partial charge is 0.361 e. The third-order valence-electron chi connectivity index (χ3n) is 5.52. The van der Waals surface area contributed by atoms with Crippen LogP contribution in [0.15, 0.2) is 71.9 Å². The van der Waals surface area contributed by atoms with Gasteiger partial charge >= 0.3 is 0 Å². The van der Waals surface area contributed by atoms with Gasteiger partial charge in [0.05, 0.1) is 16.8 Å². The Bertz CT molecular complexity index is 1480. The highest BCUT2D eigenvalue weighted by atomic mass is 32.1. The summed E-state index contributed by atoms with van der Waals surface area (Å²) in [4.78, 5) is 24.7. The molecule has 0 fully saturated rings. The van der Waals surface area contributed by atoms with Crippen molar-refractivity contribution in [1.82, 2.24) is 19.5 Å². The molecule has 1 atom stereocenters. The predicted octanol–water partition coefficient (Wildman–Crippen LogP) is 5.00. The summed E-state index contributed by atoms with van der Waals surface area (Å²) in [6, 6.07) is 17.0. The number of nitrogens with zero attached hydrogens (tertiary/aromatic N) is 3. The van der Waals surface area contributed by atoms with Gasteiger partial charge in [0.1, 0.15) is 17.8 Å². The number of fused-ring (bicyclic) bond motifs is 2. The molecule has 0 bridgehead atoms. The predicted molar refractivity (Wildman–Crippen MR) is 131 cm³/mol. The van der Waals surface area contributed by atoms with Gasteiger partial charge in [-0.1, -0.05) is 36.4 Å². The van der Waals surface area contributed by atoms with E-state index in [-0.39, 0.29) is 25.1 Å². The minimum atomic E-state index is -0.431. The summed E-state index contributed by atoms with van der Waals surface area (Å²) >= 11 is 0. The van der Waals surface area contributed by atoms with Gasteiger partial charge in [0.2, 0.25) is 0 Å². The molecule has 32 heavy (non-hydrogen) atoms. The molecule has 3 heterocycles. The summed E-state index contributed by atoms with van der Waals surface area (Å²) < 4.78 is 16.0. The zero-order valence-electron chi connectivity index (χ0n) is 17.6. The third kappa shape index (κ3) is 3.52. The average molecular weight is 448 g/mol. The Balaban J connectivity index is 0.00000245. The summed E-state index contributed by atoms with van der Waals surface area (Å²) in [5.74, 6) is -0.0625. The summed E-state index contributed by atoms with van der Waals surface area (Å²) in [5, 5.41) is 5.11. The lowest BCUT2D eigenvalue weighted by molar-refractivity contribution is 0.639. The summed E-state index contributed by atoms with van der Waals surface area (Å²) in [5.41, 5.74) is 2.76. The van der Waals surface area contributed by atoms with Gasteiger partial charge in [-0.2, -0.15) is 13.5 Å². The molecule has 5 aromatic rings. The summed E-state index contributed by atoms with van der Waals surface area (Å²) in [6.07, 6.45) is 2.63. The van der Waals surface area contributed by atoms with Crippen molar-refractivity contribution in [1.29, 1.82) is 0 Å². The molecule has 5 rings (SSSR count). The maximum atomic E-state index is 14.3. The first-order valence-corrected chi connectivity index (χ1v) is 9.99. The lowest BCUT2D eigenvalue weighted by Crippen LogP contribution is -2.26. The first-order valence-electron chi connectivity index (χ1n) is 9.99. The minimum absolute atomic E-state index is 0. The van der Waals surface area contributed by atoms with Crippen LogP contribution in [0.1, 0.15) is 24.2 Å². The second-order valence-electron chi connectivity index (χ2n) is 7.53. The Hall–Kier alpha value is -3.65. The van der Waals surface area contributed by atoms with E-state index in [4.69, 9.17) is 0 Å². The van der Waals surface area contributed by atoms with Gasteiger partial charge in [-0.05, 0) is 43.0 Å². The minimum Gasteiger partial charge on any atom is -0.361 e. The number of hydrogen-bond acceptors (Lipinski definition) is 4. The molecule has 8 heteroatoms. The lowest BCUT2D eigenvalue weighted by atomic mass is 10.0. The lowest BCUT2D eigenvalue weighted by Gasteiger charge is -2.22. The Kier molecular flexibility index (Phi) is 5.71. The van der Waals surface area contributed by atoms with E-state index in [1.807, 2.05) is 68.4 Å². The van der Waals surface area contributed by atoms with Crippen LogP contribution in [0.2, 0.25) is 0 Å². The monoisotopic (exact) mass is 447 g/mol. The second kappa shape index (κ2) is 8.47. The van der Waals surface area contributed by atoms with Gasteiger partial charge in [0.25, 0.3) is 5.56 Å². The van der Waals surface area contributed by atoms with E-state index in [9.17, 15) is 9.18 Å². The molecule has 0 saturated carbocycles. The van der Waals surface area contributed by atoms with Crippen LogP contribution in [-0.4, -0.2) is 19.5 Å². The molecule has 0 radical (unpaired) electrons. The third-order valence-corrected chi connectivity index (χ3v) is 5.52. The highest BCUT2D eigenvalue weighted by molar-refractivity contribution is 7.59. The van der Waals surface area contributed by atoms with Crippen LogP contribution < -0.4 is 10.9 Å². The second-order valence-corrected chi connectivity index (χ2v) is 7.53. The van der Waals surface area contributed by atoms with E-state index in [1.54, 1.807) is 4.57 Å². The van der Waals surface area contributed by atoms with Gasteiger partial charge in [0, 0.05) is 17.6 Å². The smallest absolute Gasteiger partial charge is 0.263 e. The van der Waals surface area contributed by atoms with E-state index in [1.165, 1.54) is 12.5 Å².